The zero-order chi connectivity index (χ0) is 16.6. The van der Waals surface area contributed by atoms with E-state index < -0.39 is 0 Å². The lowest BCUT2D eigenvalue weighted by atomic mass is 9.75. The molecule has 0 radical (unpaired) electrons. The van der Waals surface area contributed by atoms with Crippen molar-refractivity contribution in [2.75, 3.05) is 13.2 Å². The molecule has 0 amide bonds. The van der Waals surface area contributed by atoms with E-state index in [2.05, 4.69) is 80.6 Å². The van der Waals surface area contributed by atoms with E-state index in [1.807, 2.05) is 0 Å². The van der Waals surface area contributed by atoms with Crippen molar-refractivity contribution in [3.8, 4) is 11.1 Å². The lowest BCUT2D eigenvalue weighted by Crippen LogP contribution is -2.47. The van der Waals surface area contributed by atoms with E-state index in [0.717, 1.165) is 18.7 Å². The van der Waals surface area contributed by atoms with Crippen LogP contribution in [0.25, 0.3) is 21.9 Å². The summed E-state index contributed by atoms with van der Waals surface area (Å²) in [5, 5.41) is 2.53. The first-order valence-electron chi connectivity index (χ1n) is 8.43. The van der Waals surface area contributed by atoms with Crippen LogP contribution in [-0.2, 0) is 9.31 Å². The molecule has 0 atom stereocenters. The average Bonchev–Trinajstić information content (AvgIpc) is 2.61. The van der Waals surface area contributed by atoms with E-state index in [1.165, 1.54) is 21.9 Å². The third kappa shape index (κ3) is 3.10. The molecule has 0 spiro atoms. The Labute approximate surface area is 143 Å². The summed E-state index contributed by atoms with van der Waals surface area (Å²) in [5.74, 6) is 0. The van der Waals surface area contributed by atoms with Crippen LogP contribution in [0.3, 0.4) is 0 Å². The van der Waals surface area contributed by atoms with Gasteiger partial charge in [0.05, 0.1) is 0 Å². The molecule has 3 aromatic rings. The summed E-state index contributed by atoms with van der Waals surface area (Å²) in [7, 11) is -0.247. The molecule has 1 aliphatic heterocycles. The second kappa shape index (κ2) is 6.08. The highest BCUT2D eigenvalue weighted by molar-refractivity contribution is 6.61. The molecule has 0 N–H and O–H groups in total. The van der Waals surface area contributed by atoms with Crippen molar-refractivity contribution < 1.29 is 9.31 Å². The van der Waals surface area contributed by atoms with Gasteiger partial charge < -0.3 is 9.31 Å². The first kappa shape index (κ1) is 15.4. The molecule has 3 aromatic carbocycles. The smallest absolute Gasteiger partial charge is 0.407 e. The maximum atomic E-state index is 5.86. The van der Waals surface area contributed by atoms with Crippen molar-refractivity contribution >= 4 is 23.4 Å². The Morgan fingerprint density at radius 3 is 2.08 bits per heavy atom. The highest BCUT2D eigenvalue weighted by atomic mass is 16.6. The van der Waals surface area contributed by atoms with E-state index in [9.17, 15) is 0 Å². The van der Waals surface area contributed by atoms with Crippen molar-refractivity contribution in [3.05, 3.63) is 66.7 Å². The van der Waals surface area contributed by atoms with Crippen molar-refractivity contribution in [3.63, 3.8) is 0 Å². The first-order chi connectivity index (χ1) is 11.6. The third-order valence-corrected chi connectivity index (χ3v) is 4.52. The van der Waals surface area contributed by atoms with Crippen LogP contribution in [0.1, 0.15) is 13.8 Å². The lowest BCUT2D eigenvalue weighted by Gasteiger charge is -2.33. The van der Waals surface area contributed by atoms with Crippen LogP contribution >= 0.6 is 0 Å². The molecule has 1 heterocycles. The van der Waals surface area contributed by atoms with Gasteiger partial charge in [0.2, 0.25) is 0 Å². The van der Waals surface area contributed by atoms with Gasteiger partial charge in [0.15, 0.2) is 0 Å². The molecule has 24 heavy (non-hydrogen) atoms. The summed E-state index contributed by atoms with van der Waals surface area (Å²) in [6.45, 7) is 5.77. The molecule has 1 aliphatic rings. The minimum Gasteiger partial charge on any atom is -0.407 e. The zero-order valence-corrected chi connectivity index (χ0v) is 14.2. The maximum absolute atomic E-state index is 5.86. The van der Waals surface area contributed by atoms with Crippen molar-refractivity contribution in [1.82, 2.24) is 0 Å². The van der Waals surface area contributed by atoms with Gasteiger partial charge in [0.1, 0.15) is 0 Å². The Balaban J connectivity index is 1.57. The predicted octanol–water partition coefficient (Wildman–Crippen LogP) is 4.28. The number of rotatable bonds is 2. The monoisotopic (exact) mass is 316 g/mol. The molecule has 0 aromatic heterocycles. The zero-order valence-electron chi connectivity index (χ0n) is 14.2. The van der Waals surface area contributed by atoms with Gasteiger partial charge in [0, 0.05) is 18.6 Å². The van der Waals surface area contributed by atoms with Gasteiger partial charge in [-0.2, -0.15) is 0 Å². The summed E-state index contributed by atoms with van der Waals surface area (Å²) < 4.78 is 11.7. The minimum atomic E-state index is -0.247. The van der Waals surface area contributed by atoms with E-state index >= 15 is 0 Å². The van der Waals surface area contributed by atoms with Gasteiger partial charge in [0.25, 0.3) is 0 Å². The molecule has 0 saturated carbocycles. The summed E-state index contributed by atoms with van der Waals surface area (Å²) in [6, 6.07) is 23.5. The Bertz CT molecular complexity index is 845. The molecule has 0 aliphatic carbocycles. The van der Waals surface area contributed by atoms with Gasteiger partial charge in [-0.05, 0) is 33.4 Å². The molecule has 0 bridgehead atoms. The van der Waals surface area contributed by atoms with Crippen LogP contribution < -0.4 is 5.46 Å². The van der Waals surface area contributed by atoms with E-state index in [0.29, 0.717) is 0 Å². The lowest BCUT2D eigenvalue weighted by molar-refractivity contribution is 0.0343. The molecule has 2 nitrogen and oxygen atoms in total. The fraction of sp³-hybridized carbons (Fsp3) is 0.238. The molecule has 4 rings (SSSR count). The Morgan fingerprint density at radius 1 is 0.750 bits per heavy atom. The molecular weight excluding hydrogens is 295 g/mol. The molecule has 0 unspecified atom stereocenters. The molecule has 1 saturated heterocycles. The van der Waals surface area contributed by atoms with Gasteiger partial charge in [-0.3, -0.25) is 0 Å². The summed E-state index contributed by atoms with van der Waals surface area (Å²) >= 11 is 0. The third-order valence-electron chi connectivity index (χ3n) is 4.52. The molecule has 120 valence electrons. The second-order valence-corrected chi connectivity index (χ2v) is 7.30. The standard InChI is InChI=1S/C21H21BO2/c1-21(2)14-23-22(24-15-21)20-11-9-17(10-12-20)19-8-7-16-5-3-4-6-18(16)13-19/h3-13H,14-15H2,1-2H3. The predicted molar refractivity (Wildman–Crippen MR) is 100 cm³/mol. The number of hydrogen-bond donors (Lipinski definition) is 0. The van der Waals surface area contributed by atoms with Gasteiger partial charge in [-0.1, -0.05) is 74.5 Å². The normalized spacial score (nSPS) is 17.2. The van der Waals surface area contributed by atoms with Crippen LogP contribution in [0.5, 0.6) is 0 Å². The van der Waals surface area contributed by atoms with Crippen molar-refractivity contribution in [2.45, 2.75) is 13.8 Å². The topological polar surface area (TPSA) is 18.5 Å². The van der Waals surface area contributed by atoms with E-state index in [4.69, 9.17) is 9.31 Å². The van der Waals surface area contributed by atoms with Crippen LogP contribution in [0.4, 0.5) is 0 Å². The fourth-order valence-corrected chi connectivity index (χ4v) is 3.09. The van der Waals surface area contributed by atoms with Crippen LogP contribution in [-0.4, -0.2) is 20.3 Å². The van der Waals surface area contributed by atoms with E-state index in [1.54, 1.807) is 0 Å². The Morgan fingerprint density at radius 2 is 1.38 bits per heavy atom. The van der Waals surface area contributed by atoms with Crippen LogP contribution in [0.15, 0.2) is 66.7 Å². The van der Waals surface area contributed by atoms with Crippen LogP contribution in [0, 0.1) is 5.41 Å². The second-order valence-electron chi connectivity index (χ2n) is 7.30. The quantitative estimate of drug-likeness (QED) is 0.657. The highest BCUT2D eigenvalue weighted by Crippen LogP contribution is 2.25. The maximum Gasteiger partial charge on any atom is 0.493 e. The number of benzene rings is 3. The highest BCUT2D eigenvalue weighted by Gasteiger charge is 2.33. The van der Waals surface area contributed by atoms with E-state index in [-0.39, 0.29) is 12.5 Å². The number of hydrogen-bond acceptors (Lipinski definition) is 2. The molecule has 3 heteroatoms. The largest absolute Gasteiger partial charge is 0.493 e. The fourth-order valence-electron chi connectivity index (χ4n) is 3.09. The van der Waals surface area contributed by atoms with Gasteiger partial charge >= 0.3 is 7.12 Å². The molecule has 1 fully saturated rings. The average molecular weight is 316 g/mol. The first-order valence-corrected chi connectivity index (χ1v) is 8.43. The Kier molecular flexibility index (Phi) is 3.91. The molecular formula is C21H21BO2. The summed E-state index contributed by atoms with van der Waals surface area (Å²) in [6.07, 6.45) is 0. The minimum absolute atomic E-state index is 0.0987. The van der Waals surface area contributed by atoms with Crippen molar-refractivity contribution in [2.24, 2.45) is 5.41 Å². The van der Waals surface area contributed by atoms with Crippen molar-refractivity contribution in [1.29, 1.82) is 0 Å². The van der Waals surface area contributed by atoms with Crippen LogP contribution in [0.2, 0.25) is 0 Å². The SMILES string of the molecule is CC1(C)COB(c2ccc(-c3ccc4ccccc4c3)cc2)OC1. The summed E-state index contributed by atoms with van der Waals surface area (Å²) in [5.41, 5.74) is 3.61. The summed E-state index contributed by atoms with van der Waals surface area (Å²) in [4.78, 5) is 0. The Hall–Kier alpha value is -2.10. The van der Waals surface area contributed by atoms with Gasteiger partial charge in [-0.15, -0.1) is 0 Å². The number of fused-ring (bicyclic) bond motifs is 1. The van der Waals surface area contributed by atoms with Gasteiger partial charge in [-0.25, -0.2) is 0 Å².